The zero-order chi connectivity index (χ0) is 19.9. The van der Waals surface area contributed by atoms with E-state index in [0.29, 0.717) is 11.7 Å². The Morgan fingerprint density at radius 1 is 1.18 bits per heavy atom. The summed E-state index contributed by atoms with van der Waals surface area (Å²) in [5.41, 5.74) is 5.45. The molecule has 0 saturated carbocycles. The first kappa shape index (κ1) is 19.6. The molecule has 3 rings (SSSR count). The minimum Gasteiger partial charge on any atom is -0.508 e. The molecule has 0 aliphatic rings. The van der Waals surface area contributed by atoms with Crippen LogP contribution < -0.4 is 5.43 Å². The molecule has 144 valence electrons. The normalized spacial score (nSPS) is 11.1. The average Bonchev–Trinajstić information content (AvgIpc) is 3.11. The molecule has 2 N–H and O–H groups in total. The van der Waals surface area contributed by atoms with Crippen LogP contribution in [0.25, 0.3) is 11.4 Å². The third-order valence-electron chi connectivity index (χ3n) is 3.97. The number of phenols is 1. The number of nitrogens with zero attached hydrogens (tertiary/aromatic N) is 4. The zero-order valence-electron chi connectivity index (χ0n) is 15.7. The second-order valence-corrected chi connectivity index (χ2v) is 7.03. The smallest absolute Gasteiger partial charge is 0.250 e. The average molecular weight is 395 g/mol. The summed E-state index contributed by atoms with van der Waals surface area (Å²) < 4.78 is 1.99. The fourth-order valence-corrected chi connectivity index (χ4v) is 3.29. The minimum atomic E-state index is -0.234. The Morgan fingerprint density at radius 3 is 2.57 bits per heavy atom. The summed E-state index contributed by atoms with van der Waals surface area (Å²) >= 11 is 1.32. The zero-order valence-corrected chi connectivity index (χ0v) is 16.5. The number of carbonyl (C=O) groups is 1. The molecule has 2 aromatic carbocycles. The van der Waals surface area contributed by atoms with E-state index in [9.17, 15) is 9.90 Å². The summed E-state index contributed by atoms with van der Waals surface area (Å²) in [5.74, 6) is 0.917. The standard InChI is InChI=1S/C20H21N5O2S/c1-3-25-19(16-8-4-14(2)5-9-16)23-24-20(25)28-13-18(27)22-21-12-15-6-10-17(26)11-7-15/h4-12,26H,3,13H2,1-2H3,(H,22,27)/b21-12-. The van der Waals surface area contributed by atoms with Gasteiger partial charge in [-0.1, -0.05) is 41.6 Å². The fraction of sp³-hybridized carbons (Fsp3) is 0.200. The van der Waals surface area contributed by atoms with E-state index in [1.54, 1.807) is 24.3 Å². The summed E-state index contributed by atoms with van der Waals surface area (Å²) in [6.45, 7) is 4.77. The highest BCUT2D eigenvalue weighted by Gasteiger charge is 2.14. The number of rotatable bonds is 7. The van der Waals surface area contributed by atoms with E-state index in [2.05, 4.69) is 20.7 Å². The van der Waals surface area contributed by atoms with Gasteiger partial charge in [-0.25, -0.2) is 5.43 Å². The summed E-state index contributed by atoms with van der Waals surface area (Å²) in [7, 11) is 0. The molecule has 0 spiro atoms. The van der Waals surface area contributed by atoms with Crippen molar-refractivity contribution in [2.45, 2.75) is 25.5 Å². The monoisotopic (exact) mass is 395 g/mol. The first-order chi connectivity index (χ1) is 13.6. The van der Waals surface area contributed by atoms with Gasteiger partial charge in [0.25, 0.3) is 5.91 Å². The number of aromatic nitrogens is 3. The van der Waals surface area contributed by atoms with Crippen molar-refractivity contribution in [2.24, 2.45) is 5.10 Å². The Hall–Kier alpha value is -3.13. The van der Waals surface area contributed by atoms with Gasteiger partial charge in [0, 0.05) is 12.1 Å². The predicted octanol–water partition coefficient (Wildman–Crippen LogP) is 3.22. The van der Waals surface area contributed by atoms with Gasteiger partial charge in [0.15, 0.2) is 11.0 Å². The molecule has 0 fully saturated rings. The van der Waals surface area contributed by atoms with Crippen molar-refractivity contribution in [2.75, 3.05) is 5.75 Å². The Morgan fingerprint density at radius 2 is 1.89 bits per heavy atom. The molecule has 3 aromatic rings. The second-order valence-electron chi connectivity index (χ2n) is 6.09. The van der Waals surface area contributed by atoms with E-state index in [-0.39, 0.29) is 17.4 Å². The first-order valence-corrected chi connectivity index (χ1v) is 9.79. The van der Waals surface area contributed by atoms with Gasteiger partial charge < -0.3 is 9.67 Å². The maximum Gasteiger partial charge on any atom is 0.250 e. The van der Waals surface area contributed by atoms with Crippen LogP contribution in [0.4, 0.5) is 0 Å². The van der Waals surface area contributed by atoms with E-state index in [0.717, 1.165) is 17.0 Å². The van der Waals surface area contributed by atoms with Crippen molar-refractivity contribution < 1.29 is 9.90 Å². The Balaban J connectivity index is 1.58. The first-order valence-electron chi connectivity index (χ1n) is 8.81. The van der Waals surface area contributed by atoms with Gasteiger partial charge >= 0.3 is 0 Å². The van der Waals surface area contributed by atoms with Crippen LogP contribution in [0, 0.1) is 6.92 Å². The predicted molar refractivity (Wildman–Crippen MR) is 110 cm³/mol. The lowest BCUT2D eigenvalue weighted by Gasteiger charge is -2.07. The van der Waals surface area contributed by atoms with E-state index in [1.165, 1.54) is 23.5 Å². The highest BCUT2D eigenvalue weighted by atomic mass is 32.2. The van der Waals surface area contributed by atoms with Crippen molar-refractivity contribution in [1.29, 1.82) is 0 Å². The molecule has 7 nitrogen and oxygen atoms in total. The molecular weight excluding hydrogens is 374 g/mol. The van der Waals surface area contributed by atoms with Crippen molar-refractivity contribution >= 4 is 23.9 Å². The van der Waals surface area contributed by atoms with Crippen LogP contribution in [0.1, 0.15) is 18.1 Å². The van der Waals surface area contributed by atoms with Crippen LogP contribution in [0.15, 0.2) is 58.8 Å². The van der Waals surface area contributed by atoms with Gasteiger partial charge in [0.1, 0.15) is 5.75 Å². The third kappa shape index (κ3) is 4.98. The summed E-state index contributed by atoms with van der Waals surface area (Å²) in [6, 6.07) is 14.6. The minimum absolute atomic E-state index is 0.180. The number of hydrogen-bond donors (Lipinski definition) is 2. The van der Waals surface area contributed by atoms with Crippen molar-refractivity contribution in [3.8, 4) is 17.1 Å². The molecule has 1 amide bonds. The lowest BCUT2D eigenvalue weighted by molar-refractivity contribution is -0.118. The Kier molecular flexibility index (Phi) is 6.44. The number of nitrogens with one attached hydrogen (secondary N) is 1. The van der Waals surface area contributed by atoms with Crippen LogP contribution >= 0.6 is 11.8 Å². The number of aromatic hydroxyl groups is 1. The van der Waals surface area contributed by atoms with Crippen LogP contribution in [0.5, 0.6) is 5.75 Å². The van der Waals surface area contributed by atoms with Gasteiger partial charge in [0.2, 0.25) is 0 Å². The SMILES string of the molecule is CCn1c(SCC(=O)N/N=C\c2ccc(O)cc2)nnc1-c1ccc(C)cc1. The number of carbonyl (C=O) groups excluding carboxylic acids is 1. The number of aryl methyl sites for hydroxylation is 1. The molecule has 1 aromatic heterocycles. The van der Waals surface area contributed by atoms with Crippen LogP contribution in [0.2, 0.25) is 0 Å². The number of thioether (sulfide) groups is 1. The molecule has 0 radical (unpaired) electrons. The van der Waals surface area contributed by atoms with E-state index < -0.39 is 0 Å². The van der Waals surface area contributed by atoms with Gasteiger partial charge in [-0.2, -0.15) is 5.10 Å². The molecule has 28 heavy (non-hydrogen) atoms. The van der Waals surface area contributed by atoms with Crippen LogP contribution in [-0.4, -0.2) is 37.7 Å². The quantitative estimate of drug-likeness (QED) is 0.364. The summed E-state index contributed by atoms with van der Waals surface area (Å²) in [4.78, 5) is 12.0. The van der Waals surface area contributed by atoms with Gasteiger partial charge in [-0.05, 0) is 43.7 Å². The second kappa shape index (κ2) is 9.18. The van der Waals surface area contributed by atoms with Crippen LogP contribution in [0.3, 0.4) is 0 Å². The molecule has 0 saturated heterocycles. The largest absolute Gasteiger partial charge is 0.508 e. The summed E-state index contributed by atoms with van der Waals surface area (Å²) in [6.07, 6.45) is 1.52. The lowest BCUT2D eigenvalue weighted by atomic mass is 10.1. The molecular formula is C20H21N5O2S. The topological polar surface area (TPSA) is 92.4 Å². The van der Waals surface area contributed by atoms with Crippen LogP contribution in [-0.2, 0) is 11.3 Å². The molecule has 8 heteroatoms. The number of hydrazone groups is 1. The van der Waals surface area contributed by atoms with E-state index >= 15 is 0 Å². The lowest BCUT2D eigenvalue weighted by Crippen LogP contribution is -2.20. The molecule has 0 bridgehead atoms. The Bertz CT molecular complexity index is 965. The maximum absolute atomic E-state index is 12.0. The molecule has 0 aliphatic heterocycles. The molecule has 0 atom stereocenters. The molecule has 0 unspecified atom stereocenters. The third-order valence-corrected chi connectivity index (χ3v) is 4.94. The van der Waals surface area contributed by atoms with E-state index in [4.69, 9.17) is 0 Å². The molecule has 1 heterocycles. The number of hydrogen-bond acceptors (Lipinski definition) is 6. The van der Waals surface area contributed by atoms with Gasteiger partial charge in [0.05, 0.1) is 12.0 Å². The molecule has 0 aliphatic carbocycles. The maximum atomic E-state index is 12.0. The number of phenolic OH excluding ortho intramolecular Hbond substituents is 1. The van der Waals surface area contributed by atoms with Crippen molar-refractivity contribution in [3.05, 3.63) is 59.7 Å². The van der Waals surface area contributed by atoms with Crippen molar-refractivity contribution in [1.82, 2.24) is 20.2 Å². The van der Waals surface area contributed by atoms with Gasteiger partial charge in [-0.15, -0.1) is 10.2 Å². The summed E-state index contributed by atoms with van der Waals surface area (Å²) in [5, 5.41) is 22.4. The number of amides is 1. The van der Waals surface area contributed by atoms with E-state index in [1.807, 2.05) is 42.7 Å². The van der Waals surface area contributed by atoms with Crippen molar-refractivity contribution in [3.63, 3.8) is 0 Å². The Labute approximate surface area is 167 Å². The number of benzene rings is 2. The highest BCUT2D eigenvalue weighted by molar-refractivity contribution is 7.99. The highest BCUT2D eigenvalue weighted by Crippen LogP contribution is 2.24. The fourth-order valence-electron chi connectivity index (χ4n) is 2.50. The van der Waals surface area contributed by atoms with Gasteiger partial charge in [-0.3, -0.25) is 4.79 Å².